The summed E-state index contributed by atoms with van der Waals surface area (Å²) < 4.78 is 26.0. The van der Waals surface area contributed by atoms with Gasteiger partial charge in [0.15, 0.2) is 0 Å². The molecule has 8 heteroatoms. The van der Waals surface area contributed by atoms with Crippen LogP contribution in [-0.4, -0.2) is 41.4 Å². The van der Waals surface area contributed by atoms with Crippen LogP contribution in [0.15, 0.2) is 23.2 Å². The Labute approximate surface area is 116 Å². The van der Waals surface area contributed by atoms with E-state index in [0.717, 1.165) is 6.20 Å². The molecule has 0 aliphatic carbocycles. The van der Waals surface area contributed by atoms with Crippen LogP contribution < -0.4 is 0 Å². The molecule has 20 heavy (non-hydrogen) atoms. The highest BCUT2D eigenvalue weighted by molar-refractivity contribution is 7.89. The number of carbonyl (C=O) groups is 1. The molecule has 0 radical (unpaired) electrons. The summed E-state index contributed by atoms with van der Waals surface area (Å²) in [5, 5.41) is 17.7. The van der Waals surface area contributed by atoms with Gasteiger partial charge in [0.2, 0.25) is 10.0 Å². The predicted molar refractivity (Wildman–Crippen MR) is 68.0 cm³/mol. The monoisotopic (exact) mass is 295 g/mol. The van der Waals surface area contributed by atoms with Crippen molar-refractivity contribution in [2.45, 2.75) is 24.3 Å². The molecule has 7 nitrogen and oxygen atoms in total. The lowest BCUT2D eigenvalue weighted by Crippen LogP contribution is -2.37. The number of aliphatic carboxylic acids is 1. The third kappa shape index (κ3) is 2.37. The number of rotatable bonds is 3. The molecule has 1 aromatic rings. The fraction of sp³-hybridized carbons (Fsp3) is 0.417. The van der Waals surface area contributed by atoms with E-state index in [4.69, 9.17) is 10.4 Å². The van der Waals surface area contributed by atoms with Crippen molar-refractivity contribution in [3.8, 4) is 6.07 Å². The number of aromatic nitrogens is 1. The molecule has 2 unspecified atom stereocenters. The first-order chi connectivity index (χ1) is 9.37. The molecular formula is C12H13N3O4S. The minimum atomic E-state index is -3.78. The van der Waals surface area contributed by atoms with Crippen LogP contribution in [0.2, 0.25) is 0 Å². The molecule has 0 spiro atoms. The van der Waals surface area contributed by atoms with Crippen LogP contribution in [0.3, 0.4) is 0 Å². The van der Waals surface area contributed by atoms with E-state index in [1.165, 1.54) is 16.4 Å². The fourth-order valence-electron chi connectivity index (χ4n) is 2.32. The van der Waals surface area contributed by atoms with Gasteiger partial charge in [-0.15, -0.1) is 0 Å². The molecule has 2 rings (SSSR count). The minimum Gasteiger partial charge on any atom is -0.481 e. The zero-order chi connectivity index (χ0) is 14.9. The molecule has 1 fully saturated rings. The fourth-order valence-corrected chi connectivity index (χ4v) is 3.94. The van der Waals surface area contributed by atoms with Gasteiger partial charge in [0, 0.05) is 18.8 Å². The van der Waals surface area contributed by atoms with Crippen molar-refractivity contribution in [2.75, 3.05) is 6.54 Å². The molecule has 0 amide bonds. The van der Waals surface area contributed by atoms with Gasteiger partial charge in [-0.2, -0.15) is 9.57 Å². The standard InChI is InChI=1S/C12H13N3O4S/c1-8-11(12(16)17)4-5-15(8)20(18,19)10-3-2-9(6-13)14-7-10/h2-3,7-8,11H,4-5H2,1H3,(H,16,17). The van der Waals surface area contributed by atoms with Gasteiger partial charge in [-0.3, -0.25) is 4.79 Å². The molecule has 0 saturated carbocycles. The Morgan fingerprint density at radius 1 is 1.55 bits per heavy atom. The van der Waals surface area contributed by atoms with Gasteiger partial charge < -0.3 is 5.11 Å². The summed E-state index contributed by atoms with van der Waals surface area (Å²) in [5.41, 5.74) is 0.127. The Morgan fingerprint density at radius 2 is 2.25 bits per heavy atom. The van der Waals surface area contributed by atoms with Crippen molar-refractivity contribution in [1.82, 2.24) is 9.29 Å². The number of hydrogen-bond acceptors (Lipinski definition) is 5. The van der Waals surface area contributed by atoms with Gasteiger partial charge in [0.25, 0.3) is 0 Å². The summed E-state index contributed by atoms with van der Waals surface area (Å²) in [6.07, 6.45) is 1.41. The van der Waals surface area contributed by atoms with Crippen molar-refractivity contribution in [1.29, 1.82) is 5.26 Å². The number of sulfonamides is 1. The van der Waals surface area contributed by atoms with Crippen LogP contribution in [0.1, 0.15) is 19.0 Å². The Hall–Kier alpha value is -1.98. The van der Waals surface area contributed by atoms with Crippen molar-refractivity contribution >= 4 is 16.0 Å². The van der Waals surface area contributed by atoms with E-state index in [2.05, 4.69) is 4.98 Å². The molecule has 1 saturated heterocycles. The van der Waals surface area contributed by atoms with E-state index in [-0.39, 0.29) is 17.1 Å². The van der Waals surface area contributed by atoms with E-state index >= 15 is 0 Å². The quantitative estimate of drug-likeness (QED) is 0.866. The third-order valence-corrected chi connectivity index (χ3v) is 5.44. The Bertz CT molecular complexity index is 663. The second-order valence-electron chi connectivity index (χ2n) is 4.58. The number of nitriles is 1. The SMILES string of the molecule is CC1C(C(=O)O)CCN1S(=O)(=O)c1ccc(C#N)nc1. The lowest BCUT2D eigenvalue weighted by molar-refractivity contribution is -0.142. The molecule has 1 aliphatic rings. The summed E-state index contributed by atoms with van der Waals surface area (Å²) in [6, 6.07) is 3.83. The summed E-state index contributed by atoms with van der Waals surface area (Å²) in [7, 11) is -3.78. The van der Waals surface area contributed by atoms with Crippen LogP contribution in [-0.2, 0) is 14.8 Å². The number of carboxylic acids is 1. The lowest BCUT2D eigenvalue weighted by atomic mass is 10.0. The van der Waals surface area contributed by atoms with Gasteiger partial charge in [-0.25, -0.2) is 13.4 Å². The first-order valence-corrected chi connectivity index (χ1v) is 7.42. The molecule has 1 N–H and O–H groups in total. The van der Waals surface area contributed by atoms with Crippen LogP contribution in [0, 0.1) is 17.2 Å². The van der Waals surface area contributed by atoms with Crippen molar-refractivity contribution in [3.05, 3.63) is 24.0 Å². The molecule has 0 bridgehead atoms. The second-order valence-corrected chi connectivity index (χ2v) is 6.47. The zero-order valence-corrected chi connectivity index (χ0v) is 11.5. The highest BCUT2D eigenvalue weighted by atomic mass is 32.2. The van der Waals surface area contributed by atoms with E-state index in [1.54, 1.807) is 6.92 Å². The number of nitrogens with zero attached hydrogens (tertiary/aromatic N) is 3. The van der Waals surface area contributed by atoms with Crippen LogP contribution in [0.5, 0.6) is 0 Å². The molecular weight excluding hydrogens is 282 g/mol. The second kappa shape index (κ2) is 5.19. The smallest absolute Gasteiger partial charge is 0.308 e. The largest absolute Gasteiger partial charge is 0.481 e. The topological polar surface area (TPSA) is 111 Å². The van der Waals surface area contributed by atoms with Crippen LogP contribution in [0.4, 0.5) is 0 Å². The van der Waals surface area contributed by atoms with Crippen molar-refractivity contribution in [2.24, 2.45) is 5.92 Å². The first kappa shape index (κ1) is 14.4. The van der Waals surface area contributed by atoms with Crippen molar-refractivity contribution < 1.29 is 18.3 Å². The van der Waals surface area contributed by atoms with Crippen molar-refractivity contribution in [3.63, 3.8) is 0 Å². The number of carboxylic acid groups (broad SMARTS) is 1. The highest BCUT2D eigenvalue weighted by Crippen LogP contribution is 2.30. The average Bonchev–Trinajstić information content (AvgIpc) is 2.81. The Balaban J connectivity index is 2.31. The Kier molecular flexibility index (Phi) is 3.74. The highest BCUT2D eigenvalue weighted by Gasteiger charge is 2.42. The number of pyridine rings is 1. The van der Waals surface area contributed by atoms with Gasteiger partial charge in [0.05, 0.1) is 5.92 Å². The van der Waals surface area contributed by atoms with E-state index in [1.807, 2.05) is 6.07 Å². The first-order valence-electron chi connectivity index (χ1n) is 5.98. The Morgan fingerprint density at radius 3 is 2.70 bits per heavy atom. The molecule has 1 aliphatic heterocycles. The molecule has 1 aromatic heterocycles. The van der Waals surface area contributed by atoms with E-state index < -0.39 is 28.0 Å². The van der Waals surface area contributed by atoms with Gasteiger partial charge in [-0.1, -0.05) is 0 Å². The summed E-state index contributed by atoms with van der Waals surface area (Å²) in [5.74, 6) is -1.69. The minimum absolute atomic E-state index is 0.0330. The normalized spacial score (nSPS) is 23.4. The maximum absolute atomic E-state index is 12.4. The predicted octanol–water partition coefficient (Wildman–Crippen LogP) is 0.437. The summed E-state index contributed by atoms with van der Waals surface area (Å²) in [6.45, 7) is 1.75. The van der Waals surface area contributed by atoms with Gasteiger partial charge in [0.1, 0.15) is 16.7 Å². The molecule has 106 valence electrons. The lowest BCUT2D eigenvalue weighted by Gasteiger charge is -2.22. The van der Waals surface area contributed by atoms with E-state index in [0.29, 0.717) is 6.42 Å². The molecule has 0 aromatic carbocycles. The zero-order valence-electron chi connectivity index (χ0n) is 10.7. The number of hydrogen-bond donors (Lipinski definition) is 1. The summed E-state index contributed by atoms with van der Waals surface area (Å²) >= 11 is 0. The molecule has 2 heterocycles. The summed E-state index contributed by atoms with van der Waals surface area (Å²) in [4.78, 5) is 14.7. The maximum Gasteiger partial charge on any atom is 0.308 e. The average molecular weight is 295 g/mol. The molecule has 2 atom stereocenters. The van der Waals surface area contributed by atoms with E-state index in [9.17, 15) is 13.2 Å². The van der Waals surface area contributed by atoms with Crippen LogP contribution >= 0.6 is 0 Å². The third-order valence-electron chi connectivity index (χ3n) is 3.47. The van der Waals surface area contributed by atoms with Crippen LogP contribution in [0.25, 0.3) is 0 Å². The van der Waals surface area contributed by atoms with Gasteiger partial charge in [-0.05, 0) is 25.5 Å². The maximum atomic E-state index is 12.4. The van der Waals surface area contributed by atoms with Gasteiger partial charge >= 0.3 is 5.97 Å².